The highest BCUT2D eigenvalue weighted by molar-refractivity contribution is 5.97. The van der Waals surface area contributed by atoms with E-state index in [4.69, 9.17) is 9.47 Å². The third-order valence-corrected chi connectivity index (χ3v) is 5.37. The monoisotopic (exact) mass is 444 g/mol. The Bertz CT molecular complexity index is 1080. The molecule has 6 nitrogen and oxygen atoms in total. The highest BCUT2D eigenvalue weighted by Gasteiger charge is 2.23. The zero-order chi connectivity index (χ0) is 23.0. The van der Waals surface area contributed by atoms with Crippen molar-refractivity contribution in [2.45, 2.75) is 25.4 Å². The van der Waals surface area contributed by atoms with Crippen LogP contribution in [0.3, 0.4) is 0 Å². The van der Waals surface area contributed by atoms with Crippen LogP contribution in [0.25, 0.3) is 0 Å². The molecule has 4 rings (SSSR count). The smallest absolute Gasteiger partial charge is 0.257 e. The molecule has 1 aliphatic carbocycles. The molecule has 0 saturated heterocycles. The lowest BCUT2D eigenvalue weighted by Gasteiger charge is -2.19. The van der Waals surface area contributed by atoms with Crippen LogP contribution in [0.2, 0.25) is 0 Å². The van der Waals surface area contributed by atoms with E-state index in [1.807, 2.05) is 54.6 Å². The first-order chi connectivity index (χ1) is 16.1. The van der Waals surface area contributed by atoms with E-state index < -0.39 is 0 Å². The van der Waals surface area contributed by atoms with Gasteiger partial charge in [-0.2, -0.15) is 0 Å². The van der Waals surface area contributed by atoms with Gasteiger partial charge in [-0.05, 0) is 54.8 Å². The second kappa shape index (κ2) is 10.7. The second-order valence-corrected chi connectivity index (χ2v) is 8.11. The number of ether oxygens (including phenoxy) is 2. The van der Waals surface area contributed by atoms with Crippen molar-refractivity contribution in [2.75, 3.05) is 20.3 Å². The number of para-hydroxylation sites is 2. The first-order valence-electron chi connectivity index (χ1n) is 11.1. The van der Waals surface area contributed by atoms with Crippen LogP contribution in [0, 0.1) is 0 Å². The maximum Gasteiger partial charge on any atom is 0.257 e. The molecule has 2 amide bonds. The van der Waals surface area contributed by atoms with Crippen LogP contribution >= 0.6 is 0 Å². The summed E-state index contributed by atoms with van der Waals surface area (Å²) in [5.41, 5.74) is 2.08. The van der Waals surface area contributed by atoms with Crippen LogP contribution in [0.1, 0.15) is 39.1 Å². The molecule has 0 radical (unpaired) electrons. The van der Waals surface area contributed by atoms with Gasteiger partial charge in [0.15, 0.2) is 0 Å². The van der Waals surface area contributed by atoms with Crippen molar-refractivity contribution in [1.82, 2.24) is 10.2 Å². The van der Waals surface area contributed by atoms with Gasteiger partial charge in [-0.25, -0.2) is 0 Å². The van der Waals surface area contributed by atoms with Gasteiger partial charge in [0.25, 0.3) is 11.8 Å². The quantitative estimate of drug-likeness (QED) is 0.473. The van der Waals surface area contributed by atoms with Gasteiger partial charge in [0.05, 0.1) is 5.56 Å². The number of hydrogen-bond donors (Lipinski definition) is 1. The average Bonchev–Trinajstić information content (AvgIpc) is 3.66. The molecule has 3 aromatic carbocycles. The lowest BCUT2D eigenvalue weighted by Crippen LogP contribution is -2.27. The fraction of sp³-hybridized carbons (Fsp3) is 0.259. The number of nitrogens with zero attached hydrogens (tertiary/aromatic N) is 1. The van der Waals surface area contributed by atoms with Gasteiger partial charge < -0.3 is 19.7 Å². The second-order valence-electron chi connectivity index (χ2n) is 8.11. The van der Waals surface area contributed by atoms with Crippen LogP contribution in [0.5, 0.6) is 11.5 Å². The third kappa shape index (κ3) is 6.35. The van der Waals surface area contributed by atoms with Crippen molar-refractivity contribution in [1.29, 1.82) is 0 Å². The average molecular weight is 445 g/mol. The Morgan fingerprint density at radius 2 is 1.55 bits per heavy atom. The van der Waals surface area contributed by atoms with Crippen LogP contribution in [0.4, 0.5) is 0 Å². The Labute approximate surface area is 194 Å². The molecule has 0 atom stereocenters. The Morgan fingerprint density at radius 3 is 2.27 bits per heavy atom. The largest absolute Gasteiger partial charge is 0.490 e. The number of rotatable bonds is 10. The minimum absolute atomic E-state index is 0.0456. The minimum Gasteiger partial charge on any atom is -0.490 e. The molecule has 0 aliphatic heterocycles. The number of hydrogen-bond acceptors (Lipinski definition) is 4. The summed E-state index contributed by atoms with van der Waals surface area (Å²) in [4.78, 5) is 26.9. The SMILES string of the molecule is CN(Cc1ccc(C(=O)NC2CC2)cc1)C(=O)c1ccccc1OCCOc1ccccc1. The molecule has 170 valence electrons. The van der Waals surface area contributed by atoms with Crippen molar-refractivity contribution >= 4 is 11.8 Å². The van der Waals surface area contributed by atoms with Gasteiger partial charge in [0.2, 0.25) is 0 Å². The highest BCUT2D eigenvalue weighted by Crippen LogP contribution is 2.21. The van der Waals surface area contributed by atoms with Crippen LogP contribution in [0.15, 0.2) is 78.9 Å². The lowest BCUT2D eigenvalue weighted by atomic mass is 10.1. The molecular weight excluding hydrogens is 416 g/mol. The molecule has 0 unspecified atom stereocenters. The van der Waals surface area contributed by atoms with E-state index in [1.165, 1.54) is 0 Å². The summed E-state index contributed by atoms with van der Waals surface area (Å²) >= 11 is 0. The van der Waals surface area contributed by atoms with Gasteiger partial charge in [-0.3, -0.25) is 9.59 Å². The molecule has 1 N–H and O–H groups in total. The zero-order valence-electron chi connectivity index (χ0n) is 18.7. The Balaban J connectivity index is 1.31. The maximum absolute atomic E-state index is 13.1. The first kappa shape index (κ1) is 22.4. The van der Waals surface area contributed by atoms with Gasteiger partial charge in [0, 0.05) is 25.2 Å². The minimum atomic E-state index is -0.134. The lowest BCUT2D eigenvalue weighted by molar-refractivity contribution is 0.0779. The van der Waals surface area contributed by atoms with E-state index in [1.54, 1.807) is 36.2 Å². The molecule has 0 bridgehead atoms. The van der Waals surface area contributed by atoms with E-state index in [9.17, 15) is 9.59 Å². The normalized spacial score (nSPS) is 12.6. The zero-order valence-corrected chi connectivity index (χ0v) is 18.7. The summed E-state index contributed by atoms with van der Waals surface area (Å²) in [5.74, 6) is 1.13. The van der Waals surface area contributed by atoms with Crippen molar-refractivity contribution in [3.63, 3.8) is 0 Å². The van der Waals surface area contributed by atoms with E-state index >= 15 is 0 Å². The van der Waals surface area contributed by atoms with E-state index in [2.05, 4.69) is 5.32 Å². The predicted molar refractivity (Wildman–Crippen MR) is 127 cm³/mol. The maximum atomic E-state index is 13.1. The highest BCUT2D eigenvalue weighted by atomic mass is 16.5. The number of carbonyl (C=O) groups is 2. The standard InChI is InChI=1S/C27H28N2O4/c1-29(19-20-11-13-21(14-12-20)26(30)28-22-15-16-22)27(31)24-9-5-6-10-25(24)33-18-17-32-23-7-3-2-4-8-23/h2-14,22H,15-19H2,1H3,(H,28,30). The molecule has 0 aromatic heterocycles. The van der Waals surface area contributed by atoms with Crippen molar-refractivity contribution in [3.8, 4) is 11.5 Å². The molecule has 0 heterocycles. The molecule has 3 aromatic rings. The van der Waals surface area contributed by atoms with Crippen LogP contribution in [-0.2, 0) is 6.54 Å². The summed E-state index contributed by atoms with van der Waals surface area (Å²) in [6.45, 7) is 1.13. The molecule has 1 aliphatic rings. The summed E-state index contributed by atoms with van der Waals surface area (Å²) in [5, 5.41) is 2.98. The number of amides is 2. The van der Waals surface area contributed by atoms with Crippen molar-refractivity contribution in [3.05, 3.63) is 95.6 Å². The van der Waals surface area contributed by atoms with E-state index in [0.717, 1.165) is 24.2 Å². The Hall–Kier alpha value is -3.80. The van der Waals surface area contributed by atoms with E-state index in [-0.39, 0.29) is 11.8 Å². The van der Waals surface area contributed by atoms with Gasteiger partial charge in [-0.1, -0.05) is 42.5 Å². The summed E-state index contributed by atoms with van der Waals surface area (Å²) in [6, 6.07) is 24.4. The first-order valence-corrected chi connectivity index (χ1v) is 11.1. The van der Waals surface area contributed by atoms with Crippen LogP contribution < -0.4 is 14.8 Å². The van der Waals surface area contributed by atoms with E-state index in [0.29, 0.717) is 42.7 Å². The van der Waals surface area contributed by atoms with Gasteiger partial charge in [-0.15, -0.1) is 0 Å². The summed E-state index contributed by atoms with van der Waals surface area (Å²) in [6.07, 6.45) is 2.12. The van der Waals surface area contributed by atoms with Gasteiger partial charge >= 0.3 is 0 Å². The Morgan fingerprint density at radius 1 is 0.879 bits per heavy atom. The molecule has 33 heavy (non-hydrogen) atoms. The third-order valence-electron chi connectivity index (χ3n) is 5.37. The molecule has 1 fully saturated rings. The van der Waals surface area contributed by atoms with Crippen molar-refractivity contribution < 1.29 is 19.1 Å². The van der Waals surface area contributed by atoms with Crippen LogP contribution in [-0.4, -0.2) is 43.0 Å². The van der Waals surface area contributed by atoms with Crippen molar-refractivity contribution in [2.24, 2.45) is 0 Å². The fourth-order valence-electron chi connectivity index (χ4n) is 3.41. The topological polar surface area (TPSA) is 67.9 Å². The molecule has 1 saturated carbocycles. The van der Waals surface area contributed by atoms with Gasteiger partial charge in [0.1, 0.15) is 24.7 Å². The predicted octanol–water partition coefficient (Wildman–Crippen LogP) is 4.31. The fourth-order valence-corrected chi connectivity index (χ4v) is 3.41. The number of carbonyl (C=O) groups excluding carboxylic acids is 2. The number of benzene rings is 3. The number of nitrogens with one attached hydrogen (secondary N) is 1. The molecule has 6 heteroatoms. The Kier molecular flexibility index (Phi) is 7.25. The summed E-state index contributed by atoms with van der Waals surface area (Å²) in [7, 11) is 1.76. The summed E-state index contributed by atoms with van der Waals surface area (Å²) < 4.78 is 11.5. The molecular formula is C27H28N2O4. The molecule has 0 spiro atoms.